The number of hydrogen-bond donors (Lipinski definition) is 3. The number of alkyl carbamates (subject to hydrolysis) is 1. The lowest BCUT2D eigenvalue weighted by molar-refractivity contribution is -0.143. The Balaban J connectivity index is 2.66. The first kappa shape index (κ1) is 34.2. The van der Waals surface area contributed by atoms with Crippen LogP contribution >= 0.6 is 12.6 Å². The molecule has 7 nitrogen and oxygen atoms in total. The molecule has 0 saturated carbocycles. The van der Waals surface area contributed by atoms with Crippen molar-refractivity contribution in [2.24, 2.45) is 5.92 Å². The van der Waals surface area contributed by atoms with Crippen LogP contribution in [0.1, 0.15) is 88.2 Å². The van der Waals surface area contributed by atoms with E-state index in [2.05, 4.69) is 37.1 Å². The smallest absolute Gasteiger partial charge is 0.408 e. The summed E-state index contributed by atoms with van der Waals surface area (Å²) in [6.45, 7) is 19.4. The van der Waals surface area contributed by atoms with E-state index in [1.807, 2.05) is 71.0 Å². The molecule has 0 aliphatic carbocycles. The molecule has 2 aromatic rings. The normalized spacial score (nSPS) is 13.8. The Morgan fingerprint density at radius 1 is 0.927 bits per heavy atom. The number of carbonyl (C=O) groups is 3. The van der Waals surface area contributed by atoms with Gasteiger partial charge in [-0.25, -0.2) is 4.79 Å². The highest BCUT2D eigenvalue weighted by Crippen LogP contribution is 2.32. The highest BCUT2D eigenvalue weighted by Gasteiger charge is 2.39. The van der Waals surface area contributed by atoms with E-state index < -0.39 is 23.8 Å². The van der Waals surface area contributed by atoms with Crippen LogP contribution in [0.15, 0.2) is 36.4 Å². The third kappa shape index (κ3) is 9.80. The molecule has 0 aliphatic heterocycles. The summed E-state index contributed by atoms with van der Waals surface area (Å²) in [5.74, 6) is -0.236. The van der Waals surface area contributed by atoms with E-state index in [1.54, 1.807) is 25.7 Å². The second-order valence-corrected chi connectivity index (χ2v) is 12.8. The van der Waals surface area contributed by atoms with Gasteiger partial charge in [0, 0.05) is 17.5 Å². The van der Waals surface area contributed by atoms with E-state index in [4.69, 9.17) is 4.74 Å². The number of anilines is 1. The highest BCUT2D eigenvalue weighted by molar-refractivity contribution is 7.80. The standard InChI is InChI=1S/C33H49N3O4S/c1-20(2)14-16-25(7)36(31(38)27(19-41)34-32(39)40-33(8,9)10)29(26-17-15-21(3)18-24(26)6)30(37)35-28-22(4)12-11-13-23(28)5/h11-13,15,17-18,20,25,27,29,41H,14,16,19H2,1-10H3,(H,34,39)(H,35,37). The quantitative estimate of drug-likeness (QED) is 0.247. The number of thiol groups is 1. The first-order valence-corrected chi connectivity index (χ1v) is 15.1. The molecular weight excluding hydrogens is 534 g/mol. The monoisotopic (exact) mass is 583 g/mol. The third-order valence-electron chi connectivity index (χ3n) is 7.04. The Morgan fingerprint density at radius 3 is 2.05 bits per heavy atom. The molecule has 226 valence electrons. The Morgan fingerprint density at radius 2 is 1.54 bits per heavy atom. The van der Waals surface area contributed by atoms with Crippen LogP contribution in [-0.2, 0) is 14.3 Å². The summed E-state index contributed by atoms with van der Waals surface area (Å²) in [5, 5.41) is 5.84. The average molecular weight is 584 g/mol. The summed E-state index contributed by atoms with van der Waals surface area (Å²) in [6.07, 6.45) is 0.851. The van der Waals surface area contributed by atoms with Crippen LogP contribution in [0.4, 0.5) is 10.5 Å². The Bertz CT molecular complexity index is 1200. The number of para-hydroxylation sites is 1. The molecule has 2 N–H and O–H groups in total. The molecule has 41 heavy (non-hydrogen) atoms. The number of nitrogens with zero attached hydrogens (tertiary/aromatic N) is 1. The number of rotatable bonds is 11. The molecule has 0 spiro atoms. The van der Waals surface area contributed by atoms with Crippen molar-refractivity contribution >= 4 is 36.2 Å². The van der Waals surface area contributed by atoms with Gasteiger partial charge in [0.05, 0.1) is 0 Å². The summed E-state index contributed by atoms with van der Waals surface area (Å²) >= 11 is 4.42. The lowest BCUT2D eigenvalue weighted by Crippen LogP contribution is -2.55. The lowest BCUT2D eigenvalue weighted by Gasteiger charge is -2.39. The SMILES string of the molecule is Cc1ccc(C(C(=O)Nc2c(C)cccc2C)N(C(=O)C(CS)NC(=O)OC(C)(C)C)C(C)CCC(C)C)c(C)c1. The van der Waals surface area contributed by atoms with Crippen molar-refractivity contribution < 1.29 is 19.1 Å². The predicted octanol–water partition coefficient (Wildman–Crippen LogP) is 7.08. The summed E-state index contributed by atoms with van der Waals surface area (Å²) in [5.41, 5.74) is 4.57. The Labute approximate surface area is 252 Å². The third-order valence-corrected chi connectivity index (χ3v) is 7.40. The number of benzene rings is 2. The van der Waals surface area contributed by atoms with Gasteiger partial charge >= 0.3 is 6.09 Å². The maximum Gasteiger partial charge on any atom is 0.408 e. The average Bonchev–Trinajstić information content (AvgIpc) is 2.85. The lowest BCUT2D eigenvalue weighted by atomic mass is 9.93. The van der Waals surface area contributed by atoms with E-state index in [9.17, 15) is 14.4 Å². The molecule has 0 fully saturated rings. The fourth-order valence-corrected chi connectivity index (χ4v) is 5.13. The van der Waals surface area contributed by atoms with Gasteiger partial charge < -0.3 is 20.3 Å². The van der Waals surface area contributed by atoms with Crippen molar-refractivity contribution in [3.63, 3.8) is 0 Å². The van der Waals surface area contributed by atoms with Crippen molar-refractivity contribution in [2.75, 3.05) is 11.1 Å². The minimum Gasteiger partial charge on any atom is -0.444 e. The number of amides is 3. The van der Waals surface area contributed by atoms with Crippen molar-refractivity contribution in [3.8, 4) is 0 Å². The molecule has 8 heteroatoms. The molecule has 3 unspecified atom stereocenters. The van der Waals surface area contributed by atoms with Crippen LogP contribution in [0.3, 0.4) is 0 Å². The minimum absolute atomic E-state index is 0.0452. The fraction of sp³-hybridized carbons (Fsp3) is 0.545. The van der Waals surface area contributed by atoms with Gasteiger partial charge in [-0.15, -0.1) is 0 Å². The van der Waals surface area contributed by atoms with Crippen molar-refractivity contribution in [1.82, 2.24) is 10.2 Å². The molecule has 0 aromatic heterocycles. The second-order valence-electron chi connectivity index (χ2n) is 12.5. The Kier molecular flexibility index (Phi) is 12.3. The van der Waals surface area contributed by atoms with Crippen LogP contribution in [0.25, 0.3) is 0 Å². The van der Waals surface area contributed by atoms with Crippen LogP contribution in [0, 0.1) is 33.6 Å². The number of nitrogens with one attached hydrogen (secondary N) is 2. The van der Waals surface area contributed by atoms with E-state index >= 15 is 0 Å². The van der Waals surface area contributed by atoms with Crippen LogP contribution in [0.2, 0.25) is 0 Å². The highest BCUT2D eigenvalue weighted by atomic mass is 32.1. The zero-order valence-electron chi connectivity index (χ0n) is 26.4. The van der Waals surface area contributed by atoms with Crippen molar-refractivity contribution in [2.45, 2.75) is 106 Å². The van der Waals surface area contributed by atoms with E-state index in [1.165, 1.54) is 0 Å². The predicted molar refractivity (Wildman–Crippen MR) is 171 cm³/mol. The molecule has 2 aromatic carbocycles. The molecule has 0 aliphatic rings. The van der Waals surface area contributed by atoms with Gasteiger partial charge in [0.1, 0.15) is 17.7 Å². The summed E-state index contributed by atoms with van der Waals surface area (Å²) in [7, 11) is 0. The first-order chi connectivity index (χ1) is 19.0. The second kappa shape index (κ2) is 14.8. The Hall–Kier alpha value is -3.00. The molecule has 3 amide bonds. The van der Waals surface area contributed by atoms with E-state index in [0.717, 1.165) is 39.9 Å². The number of aryl methyl sites for hydroxylation is 4. The van der Waals surface area contributed by atoms with Gasteiger partial charge in [-0.1, -0.05) is 55.8 Å². The zero-order chi connectivity index (χ0) is 31.1. The summed E-state index contributed by atoms with van der Waals surface area (Å²) in [6, 6.07) is 9.51. The summed E-state index contributed by atoms with van der Waals surface area (Å²) in [4.78, 5) is 43.0. The topological polar surface area (TPSA) is 87.7 Å². The maximum atomic E-state index is 14.4. The molecular formula is C33H49N3O4S. The van der Waals surface area contributed by atoms with Gasteiger partial charge in [-0.3, -0.25) is 9.59 Å². The maximum absolute atomic E-state index is 14.4. The van der Waals surface area contributed by atoms with Gasteiger partial charge in [0.2, 0.25) is 5.91 Å². The van der Waals surface area contributed by atoms with Gasteiger partial charge in [-0.2, -0.15) is 12.6 Å². The molecule has 0 bridgehead atoms. The number of hydrogen-bond acceptors (Lipinski definition) is 5. The van der Waals surface area contributed by atoms with Crippen LogP contribution < -0.4 is 10.6 Å². The fourth-order valence-electron chi connectivity index (χ4n) is 4.88. The van der Waals surface area contributed by atoms with E-state index in [-0.39, 0.29) is 23.6 Å². The molecule has 0 radical (unpaired) electrons. The van der Waals surface area contributed by atoms with Gasteiger partial charge in [0.25, 0.3) is 5.91 Å². The molecule has 0 heterocycles. The van der Waals surface area contributed by atoms with Crippen molar-refractivity contribution in [3.05, 3.63) is 64.2 Å². The summed E-state index contributed by atoms with van der Waals surface area (Å²) < 4.78 is 5.44. The number of ether oxygens (including phenoxy) is 1. The van der Waals surface area contributed by atoms with E-state index in [0.29, 0.717) is 12.3 Å². The van der Waals surface area contributed by atoms with Crippen LogP contribution in [-0.4, -0.2) is 46.2 Å². The van der Waals surface area contributed by atoms with Crippen LogP contribution in [0.5, 0.6) is 0 Å². The molecule has 0 saturated heterocycles. The molecule has 2 rings (SSSR count). The largest absolute Gasteiger partial charge is 0.444 e. The first-order valence-electron chi connectivity index (χ1n) is 14.4. The molecule has 3 atom stereocenters. The van der Waals surface area contributed by atoms with Crippen molar-refractivity contribution in [1.29, 1.82) is 0 Å². The van der Waals surface area contributed by atoms with Gasteiger partial charge in [-0.05, 0) is 96.4 Å². The van der Waals surface area contributed by atoms with Gasteiger partial charge in [0.15, 0.2) is 0 Å². The number of carbonyl (C=O) groups excluding carboxylic acids is 3. The zero-order valence-corrected chi connectivity index (χ0v) is 27.3. The minimum atomic E-state index is -0.990.